The molecule has 0 atom stereocenters. The fourth-order valence-corrected chi connectivity index (χ4v) is 2.19. The molecule has 23 heavy (non-hydrogen) atoms. The van der Waals surface area contributed by atoms with Crippen LogP contribution in [0.2, 0.25) is 0 Å². The summed E-state index contributed by atoms with van der Waals surface area (Å²) in [5, 5.41) is 4.28. The van der Waals surface area contributed by atoms with E-state index >= 15 is 0 Å². The molecule has 1 amide bonds. The number of hydrazone groups is 1. The van der Waals surface area contributed by atoms with Gasteiger partial charge in [-0.2, -0.15) is 5.10 Å². The van der Waals surface area contributed by atoms with Crippen molar-refractivity contribution in [2.45, 2.75) is 20.3 Å². The van der Waals surface area contributed by atoms with Crippen molar-refractivity contribution >= 4 is 17.3 Å². The Kier molecular flexibility index (Phi) is 5.52. The van der Waals surface area contributed by atoms with E-state index < -0.39 is 0 Å². The highest BCUT2D eigenvalue weighted by Crippen LogP contribution is 2.12. The highest BCUT2D eigenvalue weighted by Gasteiger charge is 2.06. The number of rotatable bonds is 5. The molecule has 2 aromatic carbocycles. The van der Waals surface area contributed by atoms with Crippen LogP contribution < -0.4 is 10.3 Å². The van der Waals surface area contributed by atoms with Crippen LogP contribution in [0.4, 0.5) is 5.69 Å². The van der Waals surface area contributed by atoms with Crippen molar-refractivity contribution in [2.24, 2.45) is 5.10 Å². The molecule has 0 fully saturated rings. The zero-order valence-corrected chi connectivity index (χ0v) is 14.1. The predicted molar refractivity (Wildman–Crippen MR) is 96.2 cm³/mol. The maximum atomic E-state index is 12.2. The Morgan fingerprint density at radius 1 is 1.00 bits per heavy atom. The summed E-state index contributed by atoms with van der Waals surface area (Å²) in [5.74, 6) is -0.201. The molecule has 0 heterocycles. The van der Waals surface area contributed by atoms with Crippen LogP contribution in [0.15, 0.2) is 53.6 Å². The van der Waals surface area contributed by atoms with Gasteiger partial charge in [0.25, 0.3) is 5.91 Å². The Morgan fingerprint density at radius 3 is 2.09 bits per heavy atom. The molecule has 0 saturated heterocycles. The van der Waals surface area contributed by atoms with Crippen LogP contribution in [0.25, 0.3) is 0 Å². The van der Waals surface area contributed by atoms with Gasteiger partial charge in [0.2, 0.25) is 0 Å². The van der Waals surface area contributed by atoms with E-state index in [2.05, 4.69) is 10.5 Å². The van der Waals surface area contributed by atoms with Crippen molar-refractivity contribution in [2.75, 3.05) is 19.0 Å². The number of hydrogen-bond donors (Lipinski definition) is 1. The molecule has 1 N–H and O–H groups in total. The highest BCUT2D eigenvalue weighted by atomic mass is 16.2. The molecule has 0 aliphatic rings. The van der Waals surface area contributed by atoms with Crippen LogP contribution in [0.5, 0.6) is 0 Å². The average Bonchev–Trinajstić information content (AvgIpc) is 2.56. The Balaban J connectivity index is 2.10. The van der Waals surface area contributed by atoms with Gasteiger partial charge < -0.3 is 4.90 Å². The largest absolute Gasteiger partial charge is 0.378 e. The van der Waals surface area contributed by atoms with Crippen LogP contribution in [0, 0.1) is 6.92 Å². The van der Waals surface area contributed by atoms with Crippen molar-refractivity contribution in [1.29, 1.82) is 0 Å². The van der Waals surface area contributed by atoms with Gasteiger partial charge in [0.1, 0.15) is 0 Å². The summed E-state index contributed by atoms with van der Waals surface area (Å²) in [6.45, 7) is 4.07. The maximum Gasteiger partial charge on any atom is 0.271 e. The number of amides is 1. The van der Waals surface area contributed by atoms with Gasteiger partial charge in [0.05, 0.1) is 5.71 Å². The minimum Gasteiger partial charge on any atom is -0.378 e. The monoisotopic (exact) mass is 309 g/mol. The van der Waals surface area contributed by atoms with E-state index in [0.717, 1.165) is 23.4 Å². The summed E-state index contributed by atoms with van der Waals surface area (Å²) in [6.07, 6.45) is 0.753. The third-order valence-electron chi connectivity index (χ3n) is 3.66. The molecule has 0 radical (unpaired) electrons. The minimum absolute atomic E-state index is 0.201. The summed E-state index contributed by atoms with van der Waals surface area (Å²) < 4.78 is 0. The molecule has 0 saturated carbocycles. The van der Waals surface area contributed by atoms with Crippen LogP contribution in [-0.2, 0) is 0 Å². The van der Waals surface area contributed by atoms with Crippen LogP contribution in [-0.4, -0.2) is 25.7 Å². The van der Waals surface area contributed by atoms with Crippen LogP contribution in [0.1, 0.15) is 34.8 Å². The van der Waals surface area contributed by atoms with Gasteiger partial charge in [-0.1, -0.05) is 36.8 Å². The van der Waals surface area contributed by atoms with Gasteiger partial charge >= 0.3 is 0 Å². The first-order valence-corrected chi connectivity index (χ1v) is 7.72. The lowest BCUT2D eigenvalue weighted by Gasteiger charge is -2.12. The number of nitrogens with one attached hydrogen (secondary N) is 1. The van der Waals surface area contributed by atoms with E-state index in [1.807, 2.05) is 69.2 Å². The predicted octanol–water partition coefficient (Wildman–Crippen LogP) is 3.61. The minimum atomic E-state index is -0.201. The molecular weight excluding hydrogens is 286 g/mol. The molecule has 0 unspecified atom stereocenters. The van der Waals surface area contributed by atoms with E-state index in [-0.39, 0.29) is 5.91 Å². The van der Waals surface area contributed by atoms with Crippen molar-refractivity contribution in [3.8, 4) is 0 Å². The lowest BCUT2D eigenvalue weighted by Crippen LogP contribution is -2.20. The lowest BCUT2D eigenvalue weighted by atomic mass is 10.1. The standard InChI is InChI=1S/C19H23N3O/c1-5-18(15-8-6-14(2)7-9-15)20-21-19(23)16-10-12-17(13-11-16)22(3)4/h6-13H,5H2,1-4H3,(H,21,23)/b20-18+. The molecule has 2 rings (SSSR count). The fraction of sp³-hybridized carbons (Fsp3) is 0.263. The van der Waals surface area contributed by atoms with Crippen molar-refractivity contribution in [3.63, 3.8) is 0 Å². The Morgan fingerprint density at radius 2 is 1.57 bits per heavy atom. The Hall–Kier alpha value is -2.62. The molecule has 0 aromatic heterocycles. The molecule has 0 spiro atoms. The molecular formula is C19H23N3O. The Bertz CT molecular complexity index is 686. The zero-order chi connectivity index (χ0) is 16.8. The molecule has 0 bridgehead atoms. The van der Waals surface area contributed by atoms with E-state index in [4.69, 9.17) is 0 Å². The van der Waals surface area contributed by atoms with Crippen molar-refractivity contribution in [3.05, 3.63) is 65.2 Å². The summed E-state index contributed by atoms with van der Waals surface area (Å²) in [4.78, 5) is 14.2. The normalized spacial score (nSPS) is 11.2. The first-order valence-electron chi connectivity index (χ1n) is 7.72. The number of hydrogen-bond acceptors (Lipinski definition) is 3. The second kappa shape index (κ2) is 7.58. The fourth-order valence-electron chi connectivity index (χ4n) is 2.19. The molecule has 2 aromatic rings. The van der Waals surface area contributed by atoms with E-state index in [0.29, 0.717) is 5.56 Å². The second-order valence-electron chi connectivity index (χ2n) is 5.66. The van der Waals surface area contributed by atoms with Gasteiger partial charge in [0, 0.05) is 25.3 Å². The average molecular weight is 309 g/mol. The number of anilines is 1. The van der Waals surface area contributed by atoms with Crippen LogP contribution in [0.3, 0.4) is 0 Å². The van der Waals surface area contributed by atoms with Gasteiger partial charge in [0.15, 0.2) is 0 Å². The Labute approximate surface area is 137 Å². The topological polar surface area (TPSA) is 44.7 Å². The third kappa shape index (κ3) is 4.42. The lowest BCUT2D eigenvalue weighted by molar-refractivity contribution is 0.0955. The number of nitrogens with zero attached hydrogens (tertiary/aromatic N) is 2. The number of carbonyl (C=O) groups excluding carboxylic acids is 1. The van der Waals surface area contributed by atoms with Gasteiger partial charge in [-0.15, -0.1) is 0 Å². The summed E-state index contributed by atoms with van der Waals surface area (Å²) in [6, 6.07) is 15.6. The highest BCUT2D eigenvalue weighted by molar-refractivity contribution is 6.02. The third-order valence-corrected chi connectivity index (χ3v) is 3.66. The zero-order valence-electron chi connectivity index (χ0n) is 14.1. The van der Waals surface area contributed by atoms with Crippen molar-refractivity contribution in [1.82, 2.24) is 5.43 Å². The van der Waals surface area contributed by atoms with Crippen LogP contribution >= 0.6 is 0 Å². The number of aryl methyl sites for hydroxylation is 1. The summed E-state index contributed by atoms with van der Waals surface area (Å²) in [5.41, 5.74) is 7.39. The number of carbonyl (C=O) groups is 1. The quantitative estimate of drug-likeness (QED) is 0.677. The molecule has 4 nitrogen and oxygen atoms in total. The van der Waals surface area contributed by atoms with E-state index in [1.54, 1.807) is 12.1 Å². The molecule has 0 aliphatic heterocycles. The molecule has 0 aliphatic carbocycles. The summed E-state index contributed by atoms with van der Waals surface area (Å²) >= 11 is 0. The molecule has 4 heteroatoms. The van der Waals surface area contributed by atoms with Crippen molar-refractivity contribution < 1.29 is 4.79 Å². The first-order chi connectivity index (χ1) is 11.0. The second-order valence-corrected chi connectivity index (χ2v) is 5.66. The van der Waals surface area contributed by atoms with E-state index in [1.165, 1.54) is 5.56 Å². The van der Waals surface area contributed by atoms with Gasteiger partial charge in [-0.05, 0) is 43.2 Å². The first kappa shape index (κ1) is 16.7. The smallest absolute Gasteiger partial charge is 0.271 e. The molecule has 120 valence electrons. The van der Waals surface area contributed by atoms with E-state index in [9.17, 15) is 4.79 Å². The van der Waals surface area contributed by atoms with Gasteiger partial charge in [-0.3, -0.25) is 4.79 Å². The summed E-state index contributed by atoms with van der Waals surface area (Å²) in [7, 11) is 3.93. The SMILES string of the molecule is CC/C(=N\NC(=O)c1ccc(N(C)C)cc1)c1ccc(C)cc1. The number of benzene rings is 2. The van der Waals surface area contributed by atoms with Gasteiger partial charge in [-0.25, -0.2) is 5.43 Å². The maximum absolute atomic E-state index is 12.2.